The maximum atomic E-state index is 12.3. The monoisotopic (exact) mass is 265 g/mol. The molecule has 0 radical (unpaired) electrons. The van der Waals surface area contributed by atoms with Gasteiger partial charge in [-0.15, -0.1) is 5.10 Å². The molecule has 0 saturated carbocycles. The van der Waals surface area contributed by atoms with Crippen LogP contribution in [0.1, 0.15) is 49.1 Å². The summed E-state index contributed by atoms with van der Waals surface area (Å²) < 4.78 is 0. The molecular formula is C13H23N5O. The molecule has 1 aromatic rings. The number of carbonyl (C=O) groups excluding carboxylic acids is 1. The van der Waals surface area contributed by atoms with E-state index in [2.05, 4.69) is 20.5 Å². The van der Waals surface area contributed by atoms with Gasteiger partial charge in [0, 0.05) is 19.0 Å². The molecule has 0 bridgehead atoms. The molecule has 6 nitrogen and oxygen atoms in total. The normalized spacial score (nSPS) is 17.2. The summed E-state index contributed by atoms with van der Waals surface area (Å²) >= 11 is 0. The fourth-order valence-corrected chi connectivity index (χ4v) is 2.40. The molecule has 0 aliphatic carbocycles. The predicted octanol–water partition coefficient (Wildman–Crippen LogP) is 1.000. The quantitative estimate of drug-likeness (QED) is 0.851. The maximum absolute atomic E-state index is 12.3. The van der Waals surface area contributed by atoms with Gasteiger partial charge in [0.25, 0.3) is 5.91 Å². The zero-order valence-corrected chi connectivity index (χ0v) is 11.9. The van der Waals surface area contributed by atoms with Crippen molar-refractivity contribution in [2.45, 2.75) is 32.6 Å². The van der Waals surface area contributed by atoms with Gasteiger partial charge in [0.15, 0.2) is 0 Å². The van der Waals surface area contributed by atoms with Crippen molar-refractivity contribution in [3.8, 4) is 0 Å². The Hall–Kier alpha value is -1.43. The van der Waals surface area contributed by atoms with Gasteiger partial charge in [-0.3, -0.25) is 9.89 Å². The Morgan fingerprint density at radius 1 is 1.47 bits per heavy atom. The van der Waals surface area contributed by atoms with Crippen molar-refractivity contribution in [1.29, 1.82) is 0 Å². The summed E-state index contributed by atoms with van der Waals surface area (Å²) in [4.78, 5) is 18.4. The Morgan fingerprint density at radius 2 is 2.16 bits per heavy atom. The summed E-state index contributed by atoms with van der Waals surface area (Å²) in [5, 5.41) is 10.1. The molecule has 1 amide bonds. The van der Waals surface area contributed by atoms with Crippen LogP contribution in [-0.2, 0) is 0 Å². The molecule has 19 heavy (non-hydrogen) atoms. The zero-order chi connectivity index (χ0) is 13.8. The molecule has 2 N–H and O–H groups in total. The number of nitrogens with one attached hydrogen (secondary N) is 2. The van der Waals surface area contributed by atoms with Crippen molar-refractivity contribution in [1.82, 2.24) is 25.4 Å². The van der Waals surface area contributed by atoms with Crippen LogP contribution in [0.25, 0.3) is 0 Å². The second kappa shape index (κ2) is 6.14. The Labute approximate surface area is 114 Å². The third-order valence-corrected chi connectivity index (χ3v) is 3.64. The van der Waals surface area contributed by atoms with E-state index in [4.69, 9.17) is 0 Å². The van der Waals surface area contributed by atoms with Gasteiger partial charge in [-0.25, -0.2) is 4.98 Å². The minimum absolute atomic E-state index is 0.0499. The number of nitrogens with zero attached hydrogens (tertiary/aromatic N) is 3. The molecule has 2 heterocycles. The summed E-state index contributed by atoms with van der Waals surface area (Å²) in [5.74, 6) is 1.96. The number of hydrogen-bond donors (Lipinski definition) is 2. The fraction of sp³-hybridized carbons (Fsp3) is 0.769. The molecule has 106 valence electrons. The Balaban J connectivity index is 1.93. The summed E-state index contributed by atoms with van der Waals surface area (Å²) in [7, 11) is 1.97. The summed E-state index contributed by atoms with van der Waals surface area (Å²) in [5.41, 5.74) is 0. The van der Waals surface area contributed by atoms with E-state index in [-0.39, 0.29) is 11.8 Å². The van der Waals surface area contributed by atoms with Crippen LogP contribution in [0.3, 0.4) is 0 Å². The number of likely N-dealkylation sites (tertiary alicyclic amines) is 1. The number of piperidine rings is 1. The van der Waals surface area contributed by atoms with Crippen molar-refractivity contribution in [2.24, 2.45) is 5.92 Å². The first-order valence-corrected chi connectivity index (χ1v) is 6.98. The fourth-order valence-electron chi connectivity index (χ4n) is 2.40. The molecule has 0 atom stereocenters. The van der Waals surface area contributed by atoms with E-state index >= 15 is 0 Å². The van der Waals surface area contributed by atoms with Gasteiger partial charge in [0.05, 0.1) is 0 Å². The van der Waals surface area contributed by atoms with E-state index in [1.807, 2.05) is 25.8 Å². The van der Waals surface area contributed by atoms with E-state index < -0.39 is 0 Å². The van der Waals surface area contributed by atoms with Gasteiger partial charge >= 0.3 is 0 Å². The zero-order valence-electron chi connectivity index (χ0n) is 11.9. The average Bonchev–Trinajstić information content (AvgIpc) is 2.89. The van der Waals surface area contributed by atoms with Gasteiger partial charge in [-0.2, -0.15) is 0 Å². The van der Waals surface area contributed by atoms with Crippen LogP contribution < -0.4 is 5.32 Å². The lowest BCUT2D eigenvalue weighted by atomic mass is 9.97. The highest BCUT2D eigenvalue weighted by Gasteiger charge is 2.25. The van der Waals surface area contributed by atoms with E-state index in [0.29, 0.717) is 11.7 Å². The van der Waals surface area contributed by atoms with Crippen LogP contribution in [0.5, 0.6) is 0 Å². The van der Waals surface area contributed by atoms with Crippen LogP contribution in [-0.4, -0.2) is 52.7 Å². The maximum Gasteiger partial charge on any atom is 0.293 e. The predicted molar refractivity (Wildman–Crippen MR) is 73.0 cm³/mol. The van der Waals surface area contributed by atoms with E-state index in [9.17, 15) is 4.79 Å². The first kappa shape index (κ1) is 14.0. The number of rotatable bonds is 4. The Bertz CT molecular complexity index is 420. The van der Waals surface area contributed by atoms with E-state index in [1.54, 1.807) is 0 Å². The second-order valence-corrected chi connectivity index (χ2v) is 5.49. The standard InChI is InChI=1S/C13H23N5O/c1-9(2)11-15-12(17-16-11)13(19)18-6-4-10(5-7-18)8-14-3/h9-10,14H,4-8H2,1-3H3,(H,15,16,17). The Kier molecular flexibility index (Phi) is 4.52. The van der Waals surface area contributed by atoms with Crippen molar-refractivity contribution < 1.29 is 4.79 Å². The minimum Gasteiger partial charge on any atom is -0.336 e. The number of carbonyl (C=O) groups is 1. The number of aromatic amines is 1. The van der Waals surface area contributed by atoms with Crippen molar-refractivity contribution in [3.63, 3.8) is 0 Å². The van der Waals surface area contributed by atoms with E-state index in [0.717, 1.165) is 38.3 Å². The summed E-state index contributed by atoms with van der Waals surface area (Å²) in [6, 6.07) is 0. The largest absolute Gasteiger partial charge is 0.336 e. The number of aromatic nitrogens is 3. The van der Waals surface area contributed by atoms with Gasteiger partial charge < -0.3 is 10.2 Å². The molecule has 6 heteroatoms. The molecule has 2 rings (SSSR count). The molecule has 0 spiro atoms. The van der Waals surface area contributed by atoms with E-state index in [1.165, 1.54) is 0 Å². The summed E-state index contributed by atoms with van der Waals surface area (Å²) in [6.07, 6.45) is 2.10. The van der Waals surface area contributed by atoms with Crippen LogP contribution in [0, 0.1) is 5.92 Å². The third kappa shape index (κ3) is 3.32. The topological polar surface area (TPSA) is 73.9 Å². The van der Waals surface area contributed by atoms with Gasteiger partial charge in [-0.05, 0) is 32.4 Å². The van der Waals surface area contributed by atoms with Gasteiger partial charge in [-0.1, -0.05) is 13.8 Å². The lowest BCUT2D eigenvalue weighted by molar-refractivity contribution is 0.0679. The summed E-state index contributed by atoms with van der Waals surface area (Å²) in [6.45, 7) is 6.68. The molecule has 0 aromatic carbocycles. The third-order valence-electron chi connectivity index (χ3n) is 3.64. The number of H-pyrrole nitrogens is 1. The highest BCUT2D eigenvalue weighted by molar-refractivity contribution is 5.90. The van der Waals surface area contributed by atoms with Crippen molar-refractivity contribution in [3.05, 3.63) is 11.6 Å². The highest BCUT2D eigenvalue weighted by Crippen LogP contribution is 2.18. The lowest BCUT2D eigenvalue weighted by Crippen LogP contribution is -2.40. The SMILES string of the molecule is CNCC1CCN(C(=O)c2n[nH]c(C(C)C)n2)CC1. The first-order valence-electron chi connectivity index (χ1n) is 6.98. The minimum atomic E-state index is -0.0499. The first-order chi connectivity index (χ1) is 9.11. The Morgan fingerprint density at radius 3 is 2.68 bits per heavy atom. The van der Waals surface area contributed by atoms with Crippen LogP contribution >= 0.6 is 0 Å². The average molecular weight is 265 g/mol. The van der Waals surface area contributed by atoms with Crippen LogP contribution in [0.4, 0.5) is 0 Å². The highest BCUT2D eigenvalue weighted by atomic mass is 16.2. The van der Waals surface area contributed by atoms with Gasteiger partial charge in [0.2, 0.25) is 5.82 Å². The number of amides is 1. The molecule has 1 fully saturated rings. The second-order valence-electron chi connectivity index (χ2n) is 5.49. The van der Waals surface area contributed by atoms with Crippen LogP contribution in [0.2, 0.25) is 0 Å². The smallest absolute Gasteiger partial charge is 0.293 e. The number of hydrogen-bond acceptors (Lipinski definition) is 4. The molecule has 1 saturated heterocycles. The molecule has 0 unspecified atom stereocenters. The van der Waals surface area contributed by atoms with Gasteiger partial charge in [0.1, 0.15) is 5.82 Å². The van der Waals surface area contributed by atoms with Crippen molar-refractivity contribution in [2.75, 3.05) is 26.7 Å². The molecule has 1 aliphatic heterocycles. The van der Waals surface area contributed by atoms with Crippen LogP contribution in [0.15, 0.2) is 0 Å². The molecule has 1 aromatic heterocycles. The van der Waals surface area contributed by atoms with Crippen molar-refractivity contribution >= 4 is 5.91 Å². The molecular weight excluding hydrogens is 242 g/mol. The lowest BCUT2D eigenvalue weighted by Gasteiger charge is -2.31. The molecule has 1 aliphatic rings.